The van der Waals surface area contributed by atoms with E-state index in [1.807, 2.05) is 12.1 Å². The SMILES string of the molecule is CC(CCc1ccccc1)Nc1ccc(N)cc1I. The standard InChI is InChI=1S/C16H19IN2/c1-12(7-8-13-5-3-2-4-6-13)19-16-10-9-14(18)11-15(16)17/h2-6,9-12,19H,7-8,18H2,1H3. The molecule has 1 atom stereocenters. The van der Waals surface area contributed by atoms with Gasteiger partial charge in [-0.2, -0.15) is 0 Å². The van der Waals surface area contributed by atoms with Crippen LogP contribution in [0.3, 0.4) is 0 Å². The highest BCUT2D eigenvalue weighted by atomic mass is 127. The lowest BCUT2D eigenvalue weighted by Gasteiger charge is -2.16. The quantitative estimate of drug-likeness (QED) is 0.612. The third kappa shape index (κ3) is 4.42. The van der Waals surface area contributed by atoms with Gasteiger partial charge in [-0.15, -0.1) is 0 Å². The van der Waals surface area contributed by atoms with E-state index in [1.165, 1.54) is 9.13 Å². The van der Waals surface area contributed by atoms with Gasteiger partial charge in [-0.25, -0.2) is 0 Å². The largest absolute Gasteiger partial charge is 0.399 e. The Morgan fingerprint density at radius 1 is 1.16 bits per heavy atom. The van der Waals surface area contributed by atoms with E-state index >= 15 is 0 Å². The van der Waals surface area contributed by atoms with E-state index in [0.717, 1.165) is 24.2 Å². The number of nitrogens with one attached hydrogen (secondary N) is 1. The fourth-order valence-electron chi connectivity index (χ4n) is 2.01. The first-order valence-corrected chi connectivity index (χ1v) is 7.58. The lowest BCUT2D eigenvalue weighted by molar-refractivity contribution is 0.706. The summed E-state index contributed by atoms with van der Waals surface area (Å²) in [6, 6.07) is 17.0. The molecule has 2 aromatic rings. The maximum atomic E-state index is 5.76. The zero-order valence-corrected chi connectivity index (χ0v) is 13.2. The van der Waals surface area contributed by atoms with Crippen molar-refractivity contribution in [3.05, 3.63) is 57.7 Å². The van der Waals surface area contributed by atoms with Crippen LogP contribution in [-0.4, -0.2) is 6.04 Å². The highest BCUT2D eigenvalue weighted by Gasteiger charge is 2.05. The molecule has 1 unspecified atom stereocenters. The van der Waals surface area contributed by atoms with Crippen LogP contribution in [0, 0.1) is 3.57 Å². The first-order valence-electron chi connectivity index (χ1n) is 6.50. The lowest BCUT2D eigenvalue weighted by Crippen LogP contribution is -2.16. The normalized spacial score (nSPS) is 12.1. The Balaban J connectivity index is 1.89. The fraction of sp³-hybridized carbons (Fsp3) is 0.250. The Labute approximate surface area is 128 Å². The molecule has 0 bridgehead atoms. The van der Waals surface area contributed by atoms with Crippen molar-refractivity contribution in [2.75, 3.05) is 11.1 Å². The van der Waals surface area contributed by atoms with Gasteiger partial charge in [0.2, 0.25) is 0 Å². The molecule has 0 radical (unpaired) electrons. The maximum absolute atomic E-state index is 5.76. The van der Waals surface area contributed by atoms with Crippen LogP contribution in [0.5, 0.6) is 0 Å². The van der Waals surface area contributed by atoms with Crippen molar-refractivity contribution in [2.24, 2.45) is 0 Å². The molecule has 0 heterocycles. The smallest absolute Gasteiger partial charge is 0.0479 e. The van der Waals surface area contributed by atoms with Crippen LogP contribution in [0.15, 0.2) is 48.5 Å². The molecule has 0 fully saturated rings. The van der Waals surface area contributed by atoms with Gasteiger partial charge < -0.3 is 11.1 Å². The molecule has 0 aromatic heterocycles. The van der Waals surface area contributed by atoms with E-state index in [0.29, 0.717) is 6.04 Å². The highest BCUT2D eigenvalue weighted by Crippen LogP contribution is 2.22. The van der Waals surface area contributed by atoms with Gasteiger partial charge in [0.1, 0.15) is 0 Å². The van der Waals surface area contributed by atoms with E-state index < -0.39 is 0 Å². The van der Waals surface area contributed by atoms with E-state index in [4.69, 9.17) is 5.73 Å². The summed E-state index contributed by atoms with van der Waals surface area (Å²) >= 11 is 2.32. The van der Waals surface area contributed by atoms with Crippen molar-refractivity contribution < 1.29 is 0 Å². The van der Waals surface area contributed by atoms with Gasteiger partial charge in [-0.05, 0) is 66.1 Å². The molecule has 100 valence electrons. The summed E-state index contributed by atoms with van der Waals surface area (Å²) in [5.41, 5.74) is 9.13. The molecule has 2 aromatic carbocycles. The Hall–Kier alpha value is -1.23. The molecule has 0 amide bonds. The molecular formula is C16H19IN2. The molecule has 3 heteroatoms. The number of anilines is 2. The number of hydrogen-bond donors (Lipinski definition) is 2. The summed E-state index contributed by atoms with van der Waals surface area (Å²) in [4.78, 5) is 0. The zero-order chi connectivity index (χ0) is 13.7. The Morgan fingerprint density at radius 3 is 2.58 bits per heavy atom. The van der Waals surface area contributed by atoms with Gasteiger partial charge in [0.25, 0.3) is 0 Å². The van der Waals surface area contributed by atoms with Gasteiger partial charge in [-0.3, -0.25) is 0 Å². The Bertz CT molecular complexity index is 526. The van der Waals surface area contributed by atoms with Crippen LogP contribution in [0.2, 0.25) is 0 Å². The summed E-state index contributed by atoms with van der Waals surface area (Å²) in [5.74, 6) is 0. The second-order valence-electron chi connectivity index (χ2n) is 4.81. The van der Waals surface area contributed by atoms with Crippen molar-refractivity contribution in [1.29, 1.82) is 0 Å². The number of nitrogens with two attached hydrogens (primary N) is 1. The monoisotopic (exact) mass is 366 g/mol. The van der Waals surface area contributed by atoms with E-state index in [-0.39, 0.29) is 0 Å². The van der Waals surface area contributed by atoms with E-state index in [2.05, 4.69) is 71.2 Å². The van der Waals surface area contributed by atoms with Crippen LogP contribution in [-0.2, 0) is 6.42 Å². The summed E-state index contributed by atoms with van der Waals surface area (Å²) in [5, 5.41) is 3.54. The van der Waals surface area contributed by atoms with Crippen molar-refractivity contribution in [3.63, 3.8) is 0 Å². The first kappa shape index (κ1) is 14.2. The number of hydrogen-bond acceptors (Lipinski definition) is 2. The molecule has 0 saturated heterocycles. The fourth-order valence-corrected chi connectivity index (χ4v) is 2.71. The van der Waals surface area contributed by atoms with Gasteiger partial charge in [-0.1, -0.05) is 30.3 Å². The lowest BCUT2D eigenvalue weighted by atomic mass is 10.1. The third-order valence-electron chi connectivity index (χ3n) is 3.10. The van der Waals surface area contributed by atoms with Gasteiger partial charge in [0, 0.05) is 21.0 Å². The number of rotatable bonds is 5. The zero-order valence-electron chi connectivity index (χ0n) is 11.1. The molecule has 19 heavy (non-hydrogen) atoms. The molecule has 0 aliphatic heterocycles. The Morgan fingerprint density at radius 2 is 1.89 bits per heavy atom. The summed E-state index contributed by atoms with van der Waals surface area (Å²) in [6.45, 7) is 2.22. The molecule has 0 aliphatic carbocycles. The number of halogens is 1. The molecule has 2 rings (SSSR count). The second-order valence-corrected chi connectivity index (χ2v) is 5.97. The van der Waals surface area contributed by atoms with Crippen LogP contribution in [0.4, 0.5) is 11.4 Å². The van der Waals surface area contributed by atoms with Crippen LogP contribution in [0.25, 0.3) is 0 Å². The number of benzene rings is 2. The topological polar surface area (TPSA) is 38.0 Å². The minimum atomic E-state index is 0.442. The Kier molecular flexibility index (Phi) is 5.07. The van der Waals surface area contributed by atoms with Crippen molar-refractivity contribution in [2.45, 2.75) is 25.8 Å². The van der Waals surface area contributed by atoms with Crippen molar-refractivity contribution in [3.8, 4) is 0 Å². The minimum absolute atomic E-state index is 0.442. The van der Waals surface area contributed by atoms with E-state index in [1.54, 1.807) is 0 Å². The second kappa shape index (κ2) is 6.80. The molecule has 3 N–H and O–H groups in total. The van der Waals surface area contributed by atoms with Gasteiger partial charge >= 0.3 is 0 Å². The van der Waals surface area contributed by atoms with Crippen molar-refractivity contribution >= 4 is 34.0 Å². The average molecular weight is 366 g/mol. The molecule has 0 saturated carbocycles. The molecule has 0 aliphatic rings. The first-order chi connectivity index (χ1) is 9.15. The van der Waals surface area contributed by atoms with Gasteiger partial charge in [0.05, 0.1) is 0 Å². The molecule has 2 nitrogen and oxygen atoms in total. The average Bonchev–Trinajstić information content (AvgIpc) is 2.41. The minimum Gasteiger partial charge on any atom is -0.399 e. The van der Waals surface area contributed by atoms with Gasteiger partial charge in [0.15, 0.2) is 0 Å². The number of nitrogen functional groups attached to an aromatic ring is 1. The van der Waals surface area contributed by atoms with Crippen LogP contribution >= 0.6 is 22.6 Å². The predicted molar refractivity (Wildman–Crippen MR) is 91.4 cm³/mol. The molecular weight excluding hydrogens is 347 g/mol. The number of aryl methyl sites for hydroxylation is 1. The predicted octanol–water partition coefficient (Wildman–Crippen LogP) is 4.31. The van der Waals surface area contributed by atoms with Crippen molar-refractivity contribution in [1.82, 2.24) is 0 Å². The van der Waals surface area contributed by atoms with Crippen LogP contribution in [0.1, 0.15) is 18.9 Å². The van der Waals surface area contributed by atoms with E-state index in [9.17, 15) is 0 Å². The third-order valence-corrected chi connectivity index (χ3v) is 4.00. The maximum Gasteiger partial charge on any atom is 0.0479 e. The molecule has 0 spiro atoms. The summed E-state index contributed by atoms with van der Waals surface area (Å²) in [7, 11) is 0. The highest BCUT2D eigenvalue weighted by molar-refractivity contribution is 14.1. The summed E-state index contributed by atoms with van der Waals surface area (Å²) in [6.07, 6.45) is 2.21. The summed E-state index contributed by atoms with van der Waals surface area (Å²) < 4.78 is 1.17. The van der Waals surface area contributed by atoms with Crippen LogP contribution < -0.4 is 11.1 Å².